The number of carbonyl (C=O) groups is 2. The highest BCUT2D eigenvalue weighted by Crippen LogP contribution is 2.43. The van der Waals surface area contributed by atoms with Gasteiger partial charge in [0.25, 0.3) is 29.9 Å². The van der Waals surface area contributed by atoms with E-state index in [2.05, 4.69) is 30.4 Å². The first-order valence-corrected chi connectivity index (χ1v) is 16.0. The maximum Gasteiger partial charge on any atom is 0.289 e. The molecule has 0 bridgehead atoms. The molecule has 4 heterocycles. The number of alkyl halides is 6. The van der Waals surface area contributed by atoms with E-state index in [1.807, 2.05) is 0 Å². The minimum Gasteiger partial charge on any atom is -0.390 e. The van der Waals surface area contributed by atoms with Gasteiger partial charge in [-0.25, -0.2) is 45.8 Å². The van der Waals surface area contributed by atoms with Crippen LogP contribution in [0.25, 0.3) is 5.78 Å². The minimum atomic E-state index is -3.16. The molecule has 13 nitrogen and oxygen atoms in total. The Kier molecular flexibility index (Phi) is 10.5. The first-order valence-electron chi connectivity index (χ1n) is 16.0. The Morgan fingerprint density at radius 1 is 1.10 bits per heavy atom. The van der Waals surface area contributed by atoms with E-state index < -0.39 is 98.5 Å². The lowest BCUT2D eigenvalue weighted by Crippen LogP contribution is -2.55. The molecule has 49 heavy (non-hydrogen) atoms. The summed E-state index contributed by atoms with van der Waals surface area (Å²) < 4.78 is 90.0. The van der Waals surface area contributed by atoms with Crippen LogP contribution < -0.4 is 11.1 Å². The molecule has 2 aromatic rings. The largest absolute Gasteiger partial charge is 0.390 e. The fraction of sp³-hybridized carbons (Fsp3) is 0.700. The van der Waals surface area contributed by atoms with Crippen molar-refractivity contribution < 1.29 is 45.8 Å². The molecule has 0 radical (unpaired) electrons. The fourth-order valence-electron chi connectivity index (χ4n) is 6.46. The van der Waals surface area contributed by atoms with Crippen molar-refractivity contribution in [2.75, 3.05) is 13.2 Å². The van der Waals surface area contributed by atoms with Gasteiger partial charge < -0.3 is 25.8 Å². The molecular formula is C30H39F6N9O4. The summed E-state index contributed by atoms with van der Waals surface area (Å²) in [5, 5.41) is 17.8. The van der Waals surface area contributed by atoms with Crippen LogP contribution in [0.2, 0.25) is 0 Å². The number of halogens is 6. The van der Waals surface area contributed by atoms with Crippen LogP contribution in [0, 0.1) is 5.92 Å². The monoisotopic (exact) mass is 703 g/mol. The number of aliphatic hydroxyl groups is 1. The van der Waals surface area contributed by atoms with E-state index in [9.17, 15) is 41.0 Å². The van der Waals surface area contributed by atoms with E-state index in [0.29, 0.717) is 0 Å². The highest BCUT2D eigenvalue weighted by molar-refractivity contribution is 6.39. The van der Waals surface area contributed by atoms with Crippen LogP contribution in [0.3, 0.4) is 0 Å². The third kappa shape index (κ3) is 8.30. The van der Waals surface area contributed by atoms with Crippen molar-refractivity contribution in [1.82, 2.24) is 29.8 Å². The Labute approximate surface area is 277 Å². The van der Waals surface area contributed by atoms with Crippen LogP contribution in [-0.2, 0) is 14.3 Å². The van der Waals surface area contributed by atoms with Crippen LogP contribution in [0.15, 0.2) is 22.4 Å². The number of fused-ring (bicyclic) bond motifs is 1. The Bertz CT molecular complexity index is 1570. The van der Waals surface area contributed by atoms with Gasteiger partial charge in [0.15, 0.2) is 0 Å². The highest BCUT2D eigenvalue weighted by Gasteiger charge is 2.49. The lowest BCUT2D eigenvalue weighted by atomic mass is 9.81. The minimum absolute atomic E-state index is 0.0144. The Hall–Kier alpha value is -3.87. The number of aromatic nitrogens is 4. The zero-order valence-electron chi connectivity index (χ0n) is 26.9. The lowest BCUT2D eigenvalue weighted by Gasteiger charge is -2.44. The highest BCUT2D eigenvalue weighted by atomic mass is 19.3. The molecule has 0 aromatic carbocycles. The topological polar surface area (TPSA) is 173 Å². The quantitative estimate of drug-likeness (QED) is 0.224. The Morgan fingerprint density at radius 3 is 2.41 bits per heavy atom. The number of amides is 2. The molecular weight excluding hydrogens is 664 g/mol. The summed E-state index contributed by atoms with van der Waals surface area (Å²) in [5.74, 6) is -8.17. The van der Waals surface area contributed by atoms with Gasteiger partial charge >= 0.3 is 0 Å². The molecule has 0 unspecified atom stereocenters. The summed E-state index contributed by atoms with van der Waals surface area (Å²) in [6, 6.07) is -2.49. The third-order valence-corrected chi connectivity index (χ3v) is 9.13. The van der Waals surface area contributed by atoms with Crippen molar-refractivity contribution in [3.8, 4) is 0 Å². The molecule has 2 amide bonds. The number of piperidine rings is 1. The number of hydrogen-bond acceptors (Lipinski definition) is 8. The van der Waals surface area contributed by atoms with Gasteiger partial charge in [-0.05, 0) is 45.4 Å². The first-order chi connectivity index (χ1) is 23.0. The maximum absolute atomic E-state index is 14.1. The summed E-state index contributed by atoms with van der Waals surface area (Å²) in [6.07, 6.45) is -3.57. The number of nitrogens with two attached hydrogens (primary N) is 1. The number of nitrogens with zero attached hydrogens (tertiary/aromatic N) is 7. The van der Waals surface area contributed by atoms with Gasteiger partial charge in [-0.15, -0.1) is 0 Å². The second kappa shape index (κ2) is 14.2. The van der Waals surface area contributed by atoms with Crippen LogP contribution in [-0.4, -0.2) is 103 Å². The molecule has 0 spiro atoms. The van der Waals surface area contributed by atoms with E-state index in [4.69, 9.17) is 10.5 Å². The van der Waals surface area contributed by atoms with Crippen molar-refractivity contribution in [3.05, 3.63) is 23.8 Å². The smallest absolute Gasteiger partial charge is 0.289 e. The fourth-order valence-corrected chi connectivity index (χ4v) is 6.46. The van der Waals surface area contributed by atoms with Crippen molar-refractivity contribution in [2.45, 2.75) is 113 Å². The van der Waals surface area contributed by atoms with Gasteiger partial charge in [0.1, 0.15) is 18.3 Å². The number of hydrogen-bond donors (Lipinski definition) is 3. The predicted molar refractivity (Wildman–Crippen MR) is 162 cm³/mol. The molecule has 1 aliphatic carbocycles. The summed E-state index contributed by atoms with van der Waals surface area (Å²) >= 11 is 0. The van der Waals surface area contributed by atoms with Crippen LogP contribution in [0.5, 0.6) is 0 Å². The number of carbonyl (C=O) groups excluding carboxylic acids is 2. The summed E-state index contributed by atoms with van der Waals surface area (Å²) in [4.78, 5) is 44.9. The van der Waals surface area contributed by atoms with Gasteiger partial charge in [-0.3, -0.25) is 14.6 Å². The number of aliphatic imine (C=N–C) groups is 2. The second-order valence-electron chi connectivity index (χ2n) is 13.2. The molecule has 19 heteroatoms. The van der Waals surface area contributed by atoms with Gasteiger partial charge in [0.05, 0.1) is 42.2 Å². The average Bonchev–Trinajstić information content (AvgIpc) is 3.46. The Balaban J connectivity index is 1.48. The second-order valence-corrected chi connectivity index (χ2v) is 13.2. The molecule has 2 aliphatic heterocycles. The van der Waals surface area contributed by atoms with Crippen molar-refractivity contribution in [1.29, 1.82) is 0 Å². The van der Waals surface area contributed by atoms with E-state index in [-0.39, 0.29) is 54.9 Å². The van der Waals surface area contributed by atoms with E-state index in [1.165, 1.54) is 21.8 Å². The number of nitrogens with one attached hydrogen (secondary N) is 1. The first kappa shape index (κ1) is 36.4. The van der Waals surface area contributed by atoms with Crippen LogP contribution >= 0.6 is 0 Å². The molecule has 3 aliphatic rings. The average molecular weight is 704 g/mol. The van der Waals surface area contributed by atoms with Gasteiger partial charge in [0.2, 0.25) is 11.8 Å². The molecule has 5 rings (SSSR count). The van der Waals surface area contributed by atoms with Crippen molar-refractivity contribution in [3.63, 3.8) is 0 Å². The van der Waals surface area contributed by atoms with E-state index >= 15 is 0 Å². The van der Waals surface area contributed by atoms with Gasteiger partial charge in [-0.2, -0.15) is 5.10 Å². The maximum atomic E-state index is 14.1. The molecule has 4 N–H and O–H groups in total. The summed E-state index contributed by atoms with van der Waals surface area (Å²) in [7, 11) is 0. The predicted octanol–water partition coefficient (Wildman–Crippen LogP) is 3.38. The van der Waals surface area contributed by atoms with Crippen molar-refractivity contribution in [2.24, 2.45) is 21.6 Å². The van der Waals surface area contributed by atoms with E-state index in [1.54, 1.807) is 13.8 Å². The number of imidazole rings is 1. The normalized spacial score (nSPS) is 27.2. The summed E-state index contributed by atoms with van der Waals surface area (Å²) in [6.45, 7) is 2.14. The number of likely N-dealkylation sites (tertiary alicyclic amines) is 1. The number of rotatable bonds is 7. The summed E-state index contributed by atoms with van der Waals surface area (Å²) in [5.41, 5.74) is 3.13. The standard InChI is InChI=1S/C30H39F6N9O4/c1-16(2)40-23(38-15-37)24(46)43-22(17-3-6-29(33,34)7-4-17)19-13-45-27(42-19)41-18(12-39-45)20-11-28(48,26(31)32)9-10-44(20)25(47)21-5-8-30(35,36)14-49-21/h12-13,15-17,20-22,26,48H,3-11,14H2,1-2H3,(H,43,46)(H2,37,38,40)/t20-,21+,22+,28+/m1/s1. The molecule has 270 valence electrons. The van der Waals surface area contributed by atoms with Gasteiger partial charge in [0, 0.05) is 38.3 Å². The molecule has 4 atom stereocenters. The number of ether oxygens (including phenoxy) is 1. The molecule has 3 fully saturated rings. The van der Waals surface area contributed by atoms with Gasteiger partial charge in [-0.1, -0.05) is 0 Å². The molecule has 1 saturated carbocycles. The van der Waals surface area contributed by atoms with Crippen molar-refractivity contribution >= 4 is 29.8 Å². The zero-order chi connectivity index (χ0) is 35.7. The molecule has 2 saturated heterocycles. The SMILES string of the molecule is CC(C)N=C(N=CN)C(=O)N[C@H](c1cn2ncc([C@H]3C[C@](O)(C(F)F)CCN3C(=O)[C@@H]3CCC(F)(F)CO3)nc2n1)C1CCC(F)(F)CC1. The number of amidine groups is 1. The lowest BCUT2D eigenvalue weighted by molar-refractivity contribution is -0.182. The van der Waals surface area contributed by atoms with Crippen LogP contribution in [0.4, 0.5) is 26.3 Å². The van der Waals surface area contributed by atoms with E-state index in [0.717, 1.165) is 6.34 Å². The van der Waals surface area contributed by atoms with Crippen LogP contribution in [0.1, 0.15) is 88.7 Å². The Morgan fingerprint density at radius 2 is 1.80 bits per heavy atom. The molecule has 2 aromatic heterocycles. The zero-order valence-corrected chi connectivity index (χ0v) is 26.9. The third-order valence-electron chi connectivity index (χ3n) is 9.13.